The van der Waals surface area contributed by atoms with Crippen molar-refractivity contribution >= 4 is 28.9 Å². The third-order valence-corrected chi connectivity index (χ3v) is 3.50. The number of rotatable bonds is 5. The van der Waals surface area contributed by atoms with Gasteiger partial charge in [0.2, 0.25) is 5.91 Å². The van der Waals surface area contributed by atoms with Crippen LogP contribution in [0.25, 0.3) is 0 Å². The van der Waals surface area contributed by atoms with Gasteiger partial charge in [0.05, 0.1) is 6.42 Å². The lowest BCUT2D eigenvalue weighted by molar-refractivity contribution is -0.134. The first-order chi connectivity index (χ1) is 9.63. The largest absolute Gasteiger partial charge is 0.427 e. The van der Waals surface area contributed by atoms with Gasteiger partial charge in [-0.05, 0) is 42.1 Å². The van der Waals surface area contributed by atoms with E-state index in [1.807, 2.05) is 17.5 Å². The molecule has 0 atom stereocenters. The van der Waals surface area contributed by atoms with Crippen LogP contribution in [0.4, 0.5) is 5.69 Å². The highest BCUT2D eigenvalue weighted by Gasteiger charge is 2.06. The molecule has 0 radical (unpaired) electrons. The zero-order valence-corrected chi connectivity index (χ0v) is 11.9. The summed E-state index contributed by atoms with van der Waals surface area (Å²) in [5.74, 6) is 0.0895. The first kappa shape index (κ1) is 14.3. The minimum atomic E-state index is -0.259. The molecule has 2 rings (SSSR count). The molecule has 0 saturated carbocycles. The third kappa shape index (κ3) is 4.51. The number of aryl methyl sites for hydroxylation is 1. The summed E-state index contributed by atoms with van der Waals surface area (Å²) >= 11 is 1.63. The first-order valence-electron chi connectivity index (χ1n) is 6.24. The SMILES string of the molecule is CC(=O)Nc1ccc(OC(=O)CCc2cccs2)cc1. The van der Waals surface area contributed by atoms with Crippen molar-refractivity contribution in [2.45, 2.75) is 19.8 Å². The lowest BCUT2D eigenvalue weighted by Gasteiger charge is -2.05. The molecule has 0 saturated heterocycles. The van der Waals surface area contributed by atoms with Crippen molar-refractivity contribution in [1.82, 2.24) is 0 Å². The molecule has 0 aliphatic rings. The molecule has 0 bridgehead atoms. The van der Waals surface area contributed by atoms with Crippen molar-refractivity contribution in [2.75, 3.05) is 5.32 Å². The fourth-order valence-electron chi connectivity index (χ4n) is 1.67. The summed E-state index contributed by atoms with van der Waals surface area (Å²) in [5, 5.41) is 4.64. The van der Waals surface area contributed by atoms with Crippen LogP contribution in [0.15, 0.2) is 41.8 Å². The van der Waals surface area contributed by atoms with E-state index in [1.54, 1.807) is 35.6 Å². The van der Waals surface area contributed by atoms with Gasteiger partial charge in [-0.3, -0.25) is 9.59 Å². The van der Waals surface area contributed by atoms with Crippen molar-refractivity contribution in [1.29, 1.82) is 0 Å². The number of nitrogens with one attached hydrogen (secondary N) is 1. The van der Waals surface area contributed by atoms with Crippen molar-refractivity contribution in [3.63, 3.8) is 0 Å². The second-order valence-electron chi connectivity index (χ2n) is 4.26. The molecule has 104 valence electrons. The predicted molar refractivity (Wildman–Crippen MR) is 79.0 cm³/mol. The number of benzene rings is 1. The fraction of sp³-hybridized carbons (Fsp3) is 0.200. The number of hydrogen-bond donors (Lipinski definition) is 1. The lowest BCUT2D eigenvalue weighted by atomic mass is 10.2. The molecule has 0 fully saturated rings. The van der Waals surface area contributed by atoms with Crippen molar-refractivity contribution in [2.24, 2.45) is 0 Å². The number of esters is 1. The Labute approximate surface area is 121 Å². The van der Waals surface area contributed by atoms with Crippen molar-refractivity contribution < 1.29 is 14.3 Å². The average Bonchev–Trinajstić information content (AvgIpc) is 2.91. The number of carbonyl (C=O) groups excluding carboxylic acids is 2. The van der Waals surface area contributed by atoms with E-state index in [-0.39, 0.29) is 11.9 Å². The fourth-order valence-corrected chi connectivity index (χ4v) is 2.38. The number of anilines is 1. The second kappa shape index (κ2) is 6.86. The zero-order valence-electron chi connectivity index (χ0n) is 11.1. The molecular weight excluding hydrogens is 274 g/mol. The molecule has 0 aliphatic heterocycles. The van der Waals surface area contributed by atoms with E-state index in [2.05, 4.69) is 5.32 Å². The Morgan fingerprint density at radius 2 is 1.95 bits per heavy atom. The van der Waals surface area contributed by atoms with E-state index >= 15 is 0 Å². The molecule has 0 unspecified atom stereocenters. The van der Waals surface area contributed by atoms with Gasteiger partial charge < -0.3 is 10.1 Å². The minimum absolute atomic E-state index is 0.134. The van der Waals surface area contributed by atoms with Crippen molar-refractivity contribution in [3.05, 3.63) is 46.7 Å². The van der Waals surface area contributed by atoms with Crippen LogP contribution in [0, 0.1) is 0 Å². The number of carbonyl (C=O) groups is 2. The van der Waals surface area contributed by atoms with Gasteiger partial charge in [-0.15, -0.1) is 11.3 Å². The average molecular weight is 289 g/mol. The molecule has 4 nitrogen and oxygen atoms in total. The van der Waals surface area contributed by atoms with Crippen LogP contribution in [0.2, 0.25) is 0 Å². The summed E-state index contributed by atoms with van der Waals surface area (Å²) < 4.78 is 5.23. The molecule has 20 heavy (non-hydrogen) atoms. The van der Waals surface area contributed by atoms with Crippen LogP contribution in [-0.4, -0.2) is 11.9 Å². The summed E-state index contributed by atoms with van der Waals surface area (Å²) in [7, 11) is 0. The highest BCUT2D eigenvalue weighted by molar-refractivity contribution is 7.09. The predicted octanol–water partition coefficient (Wildman–Crippen LogP) is 3.24. The quantitative estimate of drug-likeness (QED) is 0.679. The van der Waals surface area contributed by atoms with Crippen LogP contribution < -0.4 is 10.1 Å². The van der Waals surface area contributed by atoms with Crippen LogP contribution in [0.5, 0.6) is 5.75 Å². The maximum Gasteiger partial charge on any atom is 0.311 e. The molecule has 1 N–H and O–H groups in total. The highest BCUT2D eigenvalue weighted by Crippen LogP contribution is 2.17. The molecule has 1 amide bonds. The zero-order chi connectivity index (χ0) is 14.4. The summed E-state index contributed by atoms with van der Waals surface area (Å²) in [6.07, 6.45) is 1.05. The molecule has 1 aromatic carbocycles. The Morgan fingerprint density at radius 1 is 1.20 bits per heavy atom. The first-order valence-corrected chi connectivity index (χ1v) is 7.12. The van der Waals surface area contributed by atoms with Crippen LogP contribution in [0.3, 0.4) is 0 Å². The van der Waals surface area contributed by atoms with Crippen molar-refractivity contribution in [3.8, 4) is 5.75 Å². The molecule has 2 aromatic rings. The third-order valence-electron chi connectivity index (χ3n) is 2.56. The van der Waals surface area contributed by atoms with Gasteiger partial charge in [0.1, 0.15) is 5.75 Å². The van der Waals surface area contributed by atoms with E-state index in [0.29, 0.717) is 24.3 Å². The molecule has 1 heterocycles. The van der Waals surface area contributed by atoms with Gasteiger partial charge in [0.25, 0.3) is 0 Å². The number of hydrogen-bond acceptors (Lipinski definition) is 4. The summed E-state index contributed by atoms with van der Waals surface area (Å²) in [4.78, 5) is 23.7. The number of ether oxygens (including phenoxy) is 1. The normalized spacial score (nSPS) is 10.1. The smallest absolute Gasteiger partial charge is 0.311 e. The Hall–Kier alpha value is -2.14. The van der Waals surface area contributed by atoms with Gasteiger partial charge in [-0.25, -0.2) is 0 Å². The standard InChI is InChI=1S/C15H15NO3S/c1-11(17)16-12-4-6-13(7-5-12)19-15(18)9-8-14-3-2-10-20-14/h2-7,10H,8-9H2,1H3,(H,16,17). The monoisotopic (exact) mass is 289 g/mol. The van der Waals surface area contributed by atoms with Gasteiger partial charge in [0.15, 0.2) is 0 Å². The Balaban J connectivity index is 1.83. The summed E-state index contributed by atoms with van der Waals surface area (Å²) in [6.45, 7) is 1.44. The molecular formula is C15H15NO3S. The number of thiophene rings is 1. The molecule has 1 aromatic heterocycles. The Kier molecular flexibility index (Phi) is 4.90. The Morgan fingerprint density at radius 3 is 2.55 bits per heavy atom. The molecule has 5 heteroatoms. The van der Waals surface area contributed by atoms with Gasteiger partial charge in [-0.1, -0.05) is 6.07 Å². The summed E-state index contributed by atoms with van der Waals surface area (Å²) in [6, 6.07) is 10.7. The van der Waals surface area contributed by atoms with E-state index in [0.717, 1.165) is 0 Å². The van der Waals surface area contributed by atoms with E-state index in [4.69, 9.17) is 4.74 Å². The van der Waals surface area contributed by atoms with Crippen LogP contribution in [0.1, 0.15) is 18.2 Å². The van der Waals surface area contributed by atoms with Gasteiger partial charge in [0, 0.05) is 17.5 Å². The lowest BCUT2D eigenvalue weighted by Crippen LogP contribution is -2.09. The second-order valence-corrected chi connectivity index (χ2v) is 5.29. The Bertz CT molecular complexity index is 576. The van der Waals surface area contributed by atoms with E-state index in [9.17, 15) is 9.59 Å². The minimum Gasteiger partial charge on any atom is -0.427 e. The highest BCUT2D eigenvalue weighted by atomic mass is 32.1. The van der Waals surface area contributed by atoms with Gasteiger partial charge in [-0.2, -0.15) is 0 Å². The van der Waals surface area contributed by atoms with Crippen LogP contribution in [-0.2, 0) is 16.0 Å². The maximum absolute atomic E-state index is 11.7. The maximum atomic E-state index is 11.7. The van der Waals surface area contributed by atoms with Crippen LogP contribution >= 0.6 is 11.3 Å². The topological polar surface area (TPSA) is 55.4 Å². The molecule has 0 spiro atoms. The summed E-state index contributed by atoms with van der Waals surface area (Å²) in [5.41, 5.74) is 0.677. The van der Waals surface area contributed by atoms with Gasteiger partial charge >= 0.3 is 5.97 Å². The number of amides is 1. The van der Waals surface area contributed by atoms with E-state index < -0.39 is 0 Å². The van der Waals surface area contributed by atoms with E-state index in [1.165, 1.54) is 11.8 Å². The molecule has 0 aliphatic carbocycles.